The van der Waals surface area contributed by atoms with Gasteiger partial charge in [-0.15, -0.1) is 0 Å². The van der Waals surface area contributed by atoms with Gasteiger partial charge in [0.05, 0.1) is 24.6 Å². The second kappa shape index (κ2) is 9.76. The maximum absolute atomic E-state index is 14.2. The van der Waals surface area contributed by atoms with Gasteiger partial charge >= 0.3 is 6.09 Å². The fourth-order valence-electron chi connectivity index (χ4n) is 4.42. The number of hydrogen-bond donors (Lipinski definition) is 0. The molecule has 0 spiro atoms. The number of piperidine rings is 1. The normalized spacial score (nSPS) is 28.7. The summed E-state index contributed by atoms with van der Waals surface area (Å²) in [7, 11) is 0. The molecule has 4 atom stereocenters. The molecule has 10 heteroatoms. The van der Waals surface area contributed by atoms with Crippen molar-refractivity contribution in [3.63, 3.8) is 0 Å². The number of likely N-dealkylation sites (tertiary alicyclic amines) is 1. The standard InChI is InChI=1S/C23H32FN3O5S/c1-13(21-25-20(26-32-21)14-6-7-18(33-5)17(24)8-14)30-19-15-9-27(10-16(19)12-29-11-15)22(28)31-23(2,3)4/h6,8,13,15-16,18-19H,7,9-12H2,1-5H3/t13-,15?,16?,18?,19?/m1/s1. The summed E-state index contributed by atoms with van der Waals surface area (Å²) in [6.07, 6.45) is 5.03. The average molecular weight is 482 g/mol. The van der Waals surface area contributed by atoms with Gasteiger partial charge in [-0.25, -0.2) is 9.18 Å². The third-order valence-electron chi connectivity index (χ3n) is 6.00. The number of rotatable bonds is 5. The maximum atomic E-state index is 14.2. The molecule has 1 aromatic rings. The number of allylic oxidation sites excluding steroid dienone is 3. The molecule has 2 fully saturated rings. The number of halogens is 1. The van der Waals surface area contributed by atoms with Crippen molar-refractivity contribution in [3.8, 4) is 0 Å². The zero-order valence-electron chi connectivity index (χ0n) is 19.7. The van der Waals surface area contributed by atoms with Gasteiger partial charge in [0.15, 0.2) is 0 Å². The fraction of sp³-hybridized carbons (Fsp3) is 0.696. The largest absolute Gasteiger partial charge is 0.444 e. The highest BCUT2D eigenvalue weighted by atomic mass is 32.2. The minimum atomic E-state index is -0.539. The SMILES string of the molecule is CSC1CC=C(c2noc([C@@H](C)OC3C4COCC3CN(C(=O)OC(C)(C)C)C4)n2)C=C1F. The van der Waals surface area contributed by atoms with Crippen LogP contribution in [0.25, 0.3) is 5.57 Å². The molecule has 0 aromatic carbocycles. The number of amides is 1. The van der Waals surface area contributed by atoms with E-state index in [1.807, 2.05) is 40.0 Å². The van der Waals surface area contributed by atoms with Gasteiger partial charge in [0.2, 0.25) is 5.82 Å². The van der Waals surface area contributed by atoms with Crippen molar-refractivity contribution in [2.75, 3.05) is 32.6 Å². The molecule has 8 nitrogen and oxygen atoms in total. The van der Waals surface area contributed by atoms with E-state index in [0.29, 0.717) is 50.0 Å². The first-order chi connectivity index (χ1) is 15.6. The topological polar surface area (TPSA) is 86.9 Å². The van der Waals surface area contributed by atoms with E-state index in [4.69, 9.17) is 18.7 Å². The second-order valence-electron chi connectivity index (χ2n) is 9.79. The Hall–Kier alpha value is -1.91. The third-order valence-corrected chi connectivity index (χ3v) is 6.99. The van der Waals surface area contributed by atoms with E-state index in [0.717, 1.165) is 0 Å². The Labute approximate surface area is 197 Å². The van der Waals surface area contributed by atoms with E-state index < -0.39 is 11.7 Å². The lowest BCUT2D eigenvalue weighted by atomic mass is 9.84. The molecule has 1 aromatic heterocycles. The Kier molecular flexibility index (Phi) is 7.16. The molecular formula is C23H32FN3O5S. The predicted molar refractivity (Wildman–Crippen MR) is 122 cm³/mol. The number of aromatic nitrogens is 2. The van der Waals surface area contributed by atoms with E-state index in [2.05, 4.69) is 10.1 Å². The summed E-state index contributed by atoms with van der Waals surface area (Å²) in [6, 6.07) is 0. The van der Waals surface area contributed by atoms with E-state index in [9.17, 15) is 9.18 Å². The zero-order chi connectivity index (χ0) is 23.8. The van der Waals surface area contributed by atoms with Gasteiger partial charge < -0.3 is 23.6 Å². The molecule has 2 aliphatic heterocycles. The van der Waals surface area contributed by atoms with Crippen LogP contribution in [0.5, 0.6) is 0 Å². The molecule has 1 aliphatic carbocycles. The molecule has 4 rings (SSSR count). The Balaban J connectivity index is 1.40. The van der Waals surface area contributed by atoms with E-state index in [-0.39, 0.29) is 35.1 Å². The number of hydrogen-bond acceptors (Lipinski definition) is 8. The van der Waals surface area contributed by atoms with Crippen LogP contribution in [-0.4, -0.2) is 70.6 Å². The Morgan fingerprint density at radius 2 is 2.00 bits per heavy atom. The molecule has 2 saturated heterocycles. The van der Waals surface area contributed by atoms with Crippen LogP contribution < -0.4 is 0 Å². The fourth-order valence-corrected chi connectivity index (χ4v) is 5.00. The van der Waals surface area contributed by atoms with Gasteiger partial charge in [0.25, 0.3) is 5.89 Å². The van der Waals surface area contributed by atoms with Crippen LogP contribution in [0, 0.1) is 11.8 Å². The van der Waals surface area contributed by atoms with Crippen molar-refractivity contribution in [2.24, 2.45) is 11.8 Å². The number of ether oxygens (including phenoxy) is 3. The first kappa shape index (κ1) is 24.2. The summed E-state index contributed by atoms with van der Waals surface area (Å²) in [5.74, 6) is 0.576. The number of nitrogens with zero attached hydrogens (tertiary/aromatic N) is 3. The van der Waals surface area contributed by atoms with Crippen LogP contribution in [0.4, 0.5) is 9.18 Å². The van der Waals surface area contributed by atoms with E-state index >= 15 is 0 Å². The molecule has 0 N–H and O–H groups in total. The summed E-state index contributed by atoms with van der Waals surface area (Å²) in [4.78, 5) is 18.8. The predicted octanol–water partition coefficient (Wildman–Crippen LogP) is 4.40. The molecule has 3 unspecified atom stereocenters. The lowest BCUT2D eigenvalue weighted by Crippen LogP contribution is -2.58. The van der Waals surface area contributed by atoms with Gasteiger partial charge in [0.1, 0.15) is 17.5 Å². The monoisotopic (exact) mass is 481 g/mol. The molecule has 182 valence electrons. The summed E-state index contributed by atoms with van der Waals surface area (Å²) in [5, 5.41) is 3.88. The van der Waals surface area contributed by atoms with Crippen LogP contribution in [-0.2, 0) is 14.2 Å². The highest BCUT2D eigenvalue weighted by Gasteiger charge is 2.44. The molecule has 0 saturated carbocycles. The Bertz CT molecular complexity index is 913. The van der Waals surface area contributed by atoms with E-state index in [1.165, 1.54) is 17.8 Å². The van der Waals surface area contributed by atoms with Gasteiger partial charge in [-0.2, -0.15) is 16.7 Å². The van der Waals surface area contributed by atoms with Crippen LogP contribution in [0.15, 0.2) is 22.5 Å². The van der Waals surface area contributed by atoms with E-state index in [1.54, 1.807) is 4.90 Å². The van der Waals surface area contributed by atoms with Gasteiger partial charge in [-0.3, -0.25) is 0 Å². The lowest BCUT2D eigenvalue weighted by Gasteiger charge is -2.47. The highest BCUT2D eigenvalue weighted by Crippen LogP contribution is 2.35. The van der Waals surface area contributed by atoms with Crippen LogP contribution >= 0.6 is 11.8 Å². The van der Waals surface area contributed by atoms with Crippen LogP contribution in [0.2, 0.25) is 0 Å². The number of thioether (sulfide) groups is 1. The number of carbonyl (C=O) groups excluding carboxylic acids is 1. The molecule has 1 amide bonds. The van der Waals surface area contributed by atoms with Crippen LogP contribution in [0.1, 0.15) is 51.9 Å². The molecule has 3 aliphatic rings. The van der Waals surface area contributed by atoms with Crippen molar-refractivity contribution >= 4 is 23.4 Å². The van der Waals surface area contributed by atoms with Crippen molar-refractivity contribution in [2.45, 2.75) is 57.2 Å². The van der Waals surface area contributed by atoms with Crippen molar-refractivity contribution < 1.29 is 27.9 Å². The zero-order valence-corrected chi connectivity index (χ0v) is 20.6. The lowest BCUT2D eigenvalue weighted by molar-refractivity contribution is -0.168. The first-order valence-electron chi connectivity index (χ1n) is 11.3. The average Bonchev–Trinajstić information content (AvgIpc) is 3.22. The number of fused-ring (bicyclic) bond motifs is 2. The quantitative estimate of drug-likeness (QED) is 0.612. The summed E-state index contributed by atoms with van der Waals surface area (Å²) >= 11 is 1.48. The Morgan fingerprint density at radius 1 is 1.30 bits per heavy atom. The second-order valence-corrected chi connectivity index (χ2v) is 10.8. The smallest absolute Gasteiger partial charge is 0.410 e. The summed E-state index contributed by atoms with van der Waals surface area (Å²) in [5.41, 5.74) is 0.0819. The summed E-state index contributed by atoms with van der Waals surface area (Å²) < 4.78 is 37.3. The third kappa shape index (κ3) is 5.60. The van der Waals surface area contributed by atoms with Crippen molar-refractivity contribution in [1.82, 2.24) is 15.0 Å². The molecule has 33 heavy (non-hydrogen) atoms. The van der Waals surface area contributed by atoms with Crippen molar-refractivity contribution in [3.05, 3.63) is 29.7 Å². The van der Waals surface area contributed by atoms with Gasteiger partial charge in [-0.1, -0.05) is 11.2 Å². The van der Waals surface area contributed by atoms with Crippen molar-refractivity contribution in [1.29, 1.82) is 0 Å². The minimum absolute atomic E-state index is 0.0245. The van der Waals surface area contributed by atoms with Crippen LogP contribution in [0.3, 0.4) is 0 Å². The van der Waals surface area contributed by atoms with Gasteiger partial charge in [0, 0.05) is 30.5 Å². The molecule has 2 bridgehead atoms. The maximum Gasteiger partial charge on any atom is 0.410 e. The molecular weight excluding hydrogens is 449 g/mol. The Morgan fingerprint density at radius 3 is 2.61 bits per heavy atom. The van der Waals surface area contributed by atoms with Gasteiger partial charge in [-0.05, 0) is 46.4 Å². The molecule has 3 heterocycles. The highest BCUT2D eigenvalue weighted by molar-refractivity contribution is 7.99. The molecule has 0 radical (unpaired) electrons. The minimum Gasteiger partial charge on any atom is -0.444 e. The number of carbonyl (C=O) groups is 1. The summed E-state index contributed by atoms with van der Waals surface area (Å²) in [6.45, 7) is 9.48. The first-order valence-corrected chi connectivity index (χ1v) is 12.6.